The molecule has 4 nitrogen and oxygen atoms in total. The first-order chi connectivity index (χ1) is 9.88. The Labute approximate surface area is 134 Å². The highest BCUT2D eigenvalue weighted by molar-refractivity contribution is 9.10. The van der Waals surface area contributed by atoms with Gasteiger partial charge in [-0.15, -0.1) is 0 Å². The fourth-order valence-corrected chi connectivity index (χ4v) is 2.21. The molecule has 2 aromatic carbocycles. The van der Waals surface area contributed by atoms with E-state index in [0.29, 0.717) is 20.7 Å². The molecular weight excluding hydrogens is 358 g/mol. The minimum atomic E-state index is -1.06. The van der Waals surface area contributed by atoms with Crippen molar-refractivity contribution in [3.05, 3.63) is 62.6 Å². The van der Waals surface area contributed by atoms with Crippen molar-refractivity contribution in [3.8, 4) is 0 Å². The van der Waals surface area contributed by atoms with Gasteiger partial charge in [0, 0.05) is 15.1 Å². The van der Waals surface area contributed by atoms with Crippen LogP contribution in [0.4, 0.5) is 5.69 Å². The first-order valence-corrected chi connectivity index (χ1v) is 7.16. The molecule has 6 heteroatoms. The largest absolute Gasteiger partial charge is 0.478 e. The molecule has 0 bridgehead atoms. The molecule has 21 heavy (non-hydrogen) atoms. The predicted octanol–water partition coefficient (Wildman–Crippen LogP) is 4.36. The lowest BCUT2D eigenvalue weighted by Gasteiger charge is -2.09. The van der Waals surface area contributed by atoms with Crippen LogP contribution in [0.2, 0.25) is 5.02 Å². The minimum Gasteiger partial charge on any atom is -0.478 e. The summed E-state index contributed by atoms with van der Waals surface area (Å²) >= 11 is 9.26. The summed E-state index contributed by atoms with van der Waals surface area (Å²) < 4.78 is 0.596. The predicted molar refractivity (Wildman–Crippen MR) is 85.2 cm³/mol. The lowest BCUT2D eigenvalue weighted by Crippen LogP contribution is -2.13. The topological polar surface area (TPSA) is 66.4 Å². The SMILES string of the molecule is Cc1ccc(C(=O)Nc2cc(C(=O)O)ccc2Br)cc1Cl. The van der Waals surface area contributed by atoms with E-state index in [1.165, 1.54) is 12.1 Å². The summed E-state index contributed by atoms with van der Waals surface area (Å²) in [4.78, 5) is 23.1. The first kappa shape index (κ1) is 15.5. The summed E-state index contributed by atoms with van der Waals surface area (Å²) in [6.45, 7) is 1.84. The third kappa shape index (κ3) is 3.62. The number of aromatic carboxylic acids is 1. The number of hydrogen-bond acceptors (Lipinski definition) is 2. The molecule has 0 saturated carbocycles. The highest BCUT2D eigenvalue weighted by Gasteiger charge is 2.12. The average Bonchev–Trinajstić information content (AvgIpc) is 2.43. The van der Waals surface area contributed by atoms with Crippen LogP contribution in [-0.2, 0) is 0 Å². The molecule has 0 saturated heterocycles. The van der Waals surface area contributed by atoms with Crippen LogP contribution in [0.5, 0.6) is 0 Å². The number of amides is 1. The zero-order valence-electron chi connectivity index (χ0n) is 11.0. The summed E-state index contributed by atoms with van der Waals surface area (Å²) in [6, 6.07) is 9.39. The second-order valence-corrected chi connectivity index (χ2v) is 5.68. The molecule has 0 heterocycles. The van der Waals surface area contributed by atoms with E-state index >= 15 is 0 Å². The molecule has 0 atom stereocenters. The Morgan fingerprint density at radius 1 is 1.14 bits per heavy atom. The van der Waals surface area contributed by atoms with Gasteiger partial charge in [-0.05, 0) is 58.7 Å². The van der Waals surface area contributed by atoms with Gasteiger partial charge in [-0.3, -0.25) is 4.79 Å². The molecule has 108 valence electrons. The summed E-state index contributed by atoms with van der Waals surface area (Å²) in [5, 5.41) is 12.1. The Kier molecular flexibility index (Phi) is 4.65. The van der Waals surface area contributed by atoms with Gasteiger partial charge < -0.3 is 10.4 Å². The van der Waals surface area contributed by atoms with Gasteiger partial charge in [0.15, 0.2) is 0 Å². The smallest absolute Gasteiger partial charge is 0.335 e. The fourth-order valence-electron chi connectivity index (χ4n) is 1.68. The zero-order chi connectivity index (χ0) is 15.6. The molecule has 0 unspecified atom stereocenters. The van der Waals surface area contributed by atoms with E-state index in [1.54, 1.807) is 24.3 Å². The lowest BCUT2D eigenvalue weighted by atomic mass is 10.1. The third-order valence-electron chi connectivity index (χ3n) is 2.90. The van der Waals surface area contributed by atoms with Gasteiger partial charge in [0.1, 0.15) is 0 Å². The van der Waals surface area contributed by atoms with E-state index in [9.17, 15) is 9.59 Å². The van der Waals surface area contributed by atoms with E-state index in [1.807, 2.05) is 6.92 Å². The monoisotopic (exact) mass is 367 g/mol. The van der Waals surface area contributed by atoms with Gasteiger partial charge >= 0.3 is 5.97 Å². The Bertz CT molecular complexity index is 731. The highest BCUT2D eigenvalue weighted by atomic mass is 79.9. The van der Waals surface area contributed by atoms with Crippen LogP contribution in [0.15, 0.2) is 40.9 Å². The molecule has 0 fully saturated rings. The number of carboxylic acid groups (broad SMARTS) is 1. The van der Waals surface area contributed by atoms with Gasteiger partial charge in [-0.1, -0.05) is 17.7 Å². The maximum Gasteiger partial charge on any atom is 0.335 e. The number of carbonyl (C=O) groups excluding carboxylic acids is 1. The van der Waals surface area contributed by atoms with E-state index < -0.39 is 5.97 Å². The van der Waals surface area contributed by atoms with Crippen molar-refractivity contribution in [2.45, 2.75) is 6.92 Å². The summed E-state index contributed by atoms with van der Waals surface area (Å²) in [7, 11) is 0. The fraction of sp³-hybridized carbons (Fsp3) is 0.0667. The van der Waals surface area contributed by atoms with Crippen LogP contribution in [-0.4, -0.2) is 17.0 Å². The van der Waals surface area contributed by atoms with Crippen molar-refractivity contribution >= 4 is 45.1 Å². The Hall–Kier alpha value is -1.85. The van der Waals surface area contributed by atoms with Crippen molar-refractivity contribution in [2.24, 2.45) is 0 Å². The number of hydrogen-bond donors (Lipinski definition) is 2. The van der Waals surface area contributed by atoms with E-state index in [2.05, 4.69) is 21.2 Å². The quantitative estimate of drug-likeness (QED) is 0.846. The molecule has 0 aromatic heterocycles. The van der Waals surface area contributed by atoms with Crippen molar-refractivity contribution in [3.63, 3.8) is 0 Å². The molecular formula is C15H11BrClNO3. The van der Waals surface area contributed by atoms with Crippen LogP contribution < -0.4 is 5.32 Å². The van der Waals surface area contributed by atoms with Crippen LogP contribution in [0.3, 0.4) is 0 Å². The van der Waals surface area contributed by atoms with Crippen LogP contribution >= 0.6 is 27.5 Å². The maximum atomic E-state index is 12.2. The van der Waals surface area contributed by atoms with Gasteiger partial charge in [0.05, 0.1) is 11.3 Å². The number of halogens is 2. The van der Waals surface area contributed by atoms with Crippen LogP contribution in [0, 0.1) is 6.92 Å². The molecule has 2 aromatic rings. The highest BCUT2D eigenvalue weighted by Crippen LogP contribution is 2.25. The summed E-state index contributed by atoms with van der Waals surface area (Å²) in [5.74, 6) is -1.42. The number of carboxylic acids is 1. The van der Waals surface area contributed by atoms with Crippen LogP contribution in [0.1, 0.15) is 26.3 Å². The number of rotatable bonds is 3. The van der Waals surface area contributed by atoms with Crippen molar-refractivity contribution in [1.82, 2.24) is 0 Å². The van der Waals surface area contributed by atoms with Crippen molar-refractivity contribution in [1.29, 1.82) is 0 Å². The second-order valence-electron chi connectivity index (χ2n) is 4.42. The molecule has 0 aliphatic heterocycles. The normalized spacial score (nSPS) is 10.2. The Morgan fingerprint density at radius 3 is 2.43 bits per heavy atom. The first-order valence-electron chi connectivity index (χ1n) is 5.99. The summed E-state index contributed by atoms with van der Waals surface area (Å²) in [5.41, 5.74) is 1.76. The van der Waals surface area contributed by atoms with E-state index in [-0.39, 0.29) is 11.5 Å². The Morgan fingerprint density at radius 2 is 1.81 bits per heavy atom. The molecule has 0 aliphatic carbocycles. The number of nitrogens with one attached hydrogen (secondary N) is 1. The average molecular weight is 369 g/mol. The standard InChI is InChI=1S/C15H11BrClNO3/c1-8-2-3-9(6-12(8)17)14(19)18-13-7-10(15(20)21)4-5-11(13)16/h2-7H,1H3,(H,18,19)(H,20,21). The lowest BCUT2D eigenvalue weighted by molar-refractivity contribution is 0.0696. The van der Waals surface area contributed by atoms with Crippen molar-refractivity contribution in [2.75, 3.05) is 5.32 Å². The molecule has 0 aliphatic rings. The minimum absolute atomic E-state index is 0.0930. The number of anilines is 1. The molecule has 1 amide bonds. The molecule has 2 rings (SSSR count). The van der Waals surface area contributed by atoms with E-state index in [4.69, 9.17) is 16.7 Å². The third-order valence-corrected chi connectivity index (χ3v) is 3.99. The van der Waals surface area contributed by atoms with Gasteiger partial charge in [0.25, 0.3) is 5.91 Å². The zero-order valence-corrected chi connectivity index (χ0v) is 13.3. The molecule has 2 N–H and O–H groups in total. The van der Waals surface area contributed by atoms with Gasteiger partial charge in [0.2, 0.25) is 0 Å². The van der Waals surface area contributed by atoms with Gasteiger partial charge in [-0.2, -0.15) is 0 Å². The molecule has 0 radical (unpaired) electrons. The molecule has 0 spiro atoms. The van der Waals surface area contributed by atoms with Crippen LogP contribution in [0.25, 0.3) is 0 Å². The second kappa shape index (κ2) is 6.28. The number of aryl methyl sites for hydroxylation is 1. The van der Waals surface area contributed by atoms with Crippen molar-refractivity contribution < 1.29 is 14.7 Å². The Balaban J connectivity index is 2.28. The maximum absolute atomic E-state index is 12.2. The van der Waals surface area contributed by atoms with Gasteiger partial charge in [-0.25, -0.2) is 4.79 Å². The van der Waals surface area contributed by atoms with E-state index in [0.717, 1.165) is 5.56 Å². The number of benzene rings is 2. The summed E-state index contributed by atoms with van der Waals surface area (Å²) in [6.07, 6.45) is 0. The number of carbonyl (C=O) groups is 2.